The molecule has 4 heteroatoms. The summed E-state index contributed by atoms with van der Waals surface area (Å²) in [6, 6.07) is 5.46. The molecule has 1 aliphatic heterocycles. The first-order valence-corrected chi connectivity index (χ1v) is 7.22. The van der Waals surface area contributed by atoms with Crippen LogP contribution in [0.4, 0.5) is 4.39 Å². The standard InChI is InChI=1S/C16H20FN3/c1-12-9-14(17)5-4-13(12)6-8-20-11-18-10-16(20)15-3-2-7-19-15/h4-5,9-11,15,19H,2-3,6-8H2,1H3. The molecule has 2 heterocycles. The van der Waals surface area contributed by atoms with E-state index in [0.29, 0.717) is 6.04 Å². The van der Waals surface area contributed by atoms with Crippen LogP contribution in [0.25, 0.3) is 0 Å². The second-order valence-electron chi connectivity index (χ2n) is 5.48. The predicted octanol–water partition coefficient (Wildman–Crippen LogP) is 3.00. The van der Waals surface area contributed by atoms with Crippen LogP contribution >= 0.6 is 0 Å². The fourth-order valence-corrected chi connectivity index (χ4v) is 2.93. The number of hydrogen-bond donors (Lipinski definition) is 1. The lowest BCUT2D eigenvalue weighted by molar-refractivity contribution is 0.562. The summed E-state index contributed by atoms with van der Waals surface area (Å²) in [5.74, 6) is -0.162. The van der Waals surface area contributed by atoms with Crippen molar-refractivity contribution >= 4 is 0 Å². The number of nitrogens with zero attached hydrogens (tertiary/aromatic N) is 2. The summed E-state index contributed by atoms with van der Waals surface area (Å²) < 4.78 is 15.3. The van der Waals surface area contributed by atoms with E-state index in [1.165, 1.54) is 30.2 Å². The fourth-order valence-electron chi connectivity index (χ4n) is 2.93. The van der Waals surface area contributed by atoms with Gasteiger partial charge in [0.05, 0.1) is 12.0 Å². The van der Waals surface area contributed by atoms with Crippen molar-refractivity contribution in [2.24, 2.45) is 0 Å². The zero-order chi connectivity index (χ0) is 13.9. The van der Waals surface area contributed by atoms with Crippen molar-refractivity contribution in [1.29, 1.82) is 0 Å². The first kappa shape index (κ1) is 13.3. The summed E-state index contributed by atoms with van der Waals surface area (Å²) in [5.41, 5.74) is 3.48. The minimum absolute atomic E-state index is 0.162. The SMILES string of the molecule is Cc1cc(F)ccc1CCn1cncc1C1CCCN1. The normalized spacial score (nSPS) is 18.6. The zero-order valence-electron chi connectivity index (χ0n) is 11.8. The highest BCUT2D eigenvalue weighted by atomic mass is 19.1. The van der Waals surface area contributed by atoms with Gasteiger partial charge in [0.25, 0.3) is 0 Å². The van der Waals surface area contributed by atoms with E-state index < -0.39 is 0 Å². The van der Waals surface area contributed by atoms with Gasteiger partial charge in [-0.05, 0) is 56.0 Å². The Morgan fingerprint density at radius 2 is 2.35 bits per heavy atom. The second-order valence-corrected chi connectivity index (χ2v) is 5.48. The van der Waals surface area contributed by atoms with Crippen LogP contribution in [-0.2, 0) is 13.0 Å². The molecule has 3 nitrogen and oxygen atoms in total. The Bertz CT molecular complexity index is 585. The summed E-state index contributed by atoms with van der Waals surface area (Å²) in [6.45, 7) is 3.94. The number of nitrogens with one attached hydrogen (secondary N) is 1. The molecular weight excluding hydrogens is 253 g/mol. The predicted molar refractivity (Wildman–Crippen MR) is 77.0 cm³/mol. The van der Waals surface area contributed by atoms with Gasteiger partial charge in [-0.2, -0.15) is 0 Å². The van der Waals surface area contributed by atoms with Gasteiger partial charge in [0.2, 0.25) is 0 Å². The van der Waals surface area contributed by atoms with Crippen LogP contribution in [-0.4, -0.2) is 16.1 Å². The fraction of sp³-hybridized carbons (Fsp3) is 0.438. The van der Waals surface area contributed by atoms with E-state index in [-0.39, 0.29) is 5.82 Å². The third kappa shape index (κ3) is 2.75. The number of aromatic nitrogens is 2. The van der Waals surface area contributed by atoms with Crippen molar-refractivity contribution in [3.05, 3.63) is 53.4 Å². The maximum Gasteiger partial charge on any atom is 0.123 e. The second kappa shape index (κ2) is 5.75. The van der Waals surface area contributed by atoms with Crippen LogP contribution in [0.15, 0.2) is 30.7 Å². The summed E-state index contributed by atoms with van der Waals surface area (Å²) >= 11 is 0. The van der Waals surface area contributed by atoms with Gasteiger partial charge in [-0.1, -0.05) is 6.07 Å². The van der Waals surface area contributed by atoms with Crippen LogP contribution in [0.2, 0.25) is 0 Å². The van der Waals surface area contributed by atoms with Crippen molar-refractivity contribution in [3.63, 3.8) is 0 Å². The van der Waals surface area contributed by atoms with E-state index in [4.69, 9.17) is 0 Å². The lowest BCUT2D eigenvalue weighted by Gasteiger charge is -2.14. The maximum atomic E-state index is 13.1. The van der Waals surface area contributed by atoms with Crippen LogP contribution in [0.5, 0.6) is 0 Å². The smallest absolute Gasteiger partial charge is 0.123 e. The molecule has 1 N–H and O–H groups in total. The lowest BCUT2D eigenvalue weighted by Crippen LogP contribution is -2.17. The molecule has 0 amide bonds. The van der Waals surface area contributed by atoms with E-state index in [9.17, 15) is 4.39 Å². The molecule has 106 valence electrons. The highest BCUT2D eigenvalue weighted by molar-refractivity contribution is 5.26. The van der Waals surface area contributed by atoms with Crippen LogP contribution < -0.4 is 5.32 Å². The largest absolute Gasteiger partial charge is 0.333 e. The minimum Gasteiger partial charge on any atom is -0.333 e. The molecule has 1 saturated heterocycles. The van der Waals surface area contributed by atoms with E-state index >= 15 is 0 Å². The molecule has 0 aliphatic carbocycles. The first-order valence-electron chi connectivity index (χ1n) is 7.22. The molecular formula is C16H20FN3. The third-order valence-electron chi connectivity index (χ3n) is 4.09. The van der Waals surface area contributed by atoms with Crippen molar-refractivity contribution in [2.75, 3.05) is 6.54 Å². The number of hydrogen-bond acceptors (Lipinski definition) is 2. The molecule has 0 saturated carbocycles. The van der Waals surface area contributed by atoms with E-state index in [1.54, 1.807) is 6.07 Å². The van der Waals surface area contributed by atoms with Crippen molar-refractivity contribution < 1.29 is 4.39 Å². The monoisotopic (exact) mass is 273 g/mol. The molecule has 3 rings (SSSR count). The molecule has 0 radical (unpaired) electrons. The third-order valence-corrected chi connectivity index (χ3v) is 4.09. The van der Waals surface area contributed by atoms with Crippen molar-refractivity contribution in [1.82, 2.24) is 14.9 Å². The van der Waals surface area contributed by atoms with Gasteiger partial charge in [0.15, 0.2) is 0 Å². The molecule has 1 aromatic carbocycles. The van der Waals surface area contributed by atoms with E-state index in [2.05, 4.69) is 14.9 Å². The molecule has 1 aliphatic rings. The number of imidazole rings is 1. The van der Waals surface area contributed by atoms with Crippen LogP contribution in [0.3, 0.4) is 0 Å². The number of benzene rings is 1. The number of aryl methyl sites for hydroxylation is 3. The Morgan fingerprint density at radius 3 is 3.10 bits per heavy atom. The summed E-state index contributed by atoms with van der Waals surface area (Å²) in [5, 5.41) is 3.51. The van der Waals surface area contributed by atoms with Gasteiger partial charge in [-0.3, -0.25) is 0 Å². The van der Waals surface area contributed by atoms with E-state index in [1.807, 2.05) is 25.5 Å². The van der Waals surface area contributed by atoms with Crippen molar-refractivity contribution in [3.8, 4) is 0 Å². The Balaban J connectivity index is 1.70. The number of halogens is 1. The Morgan fingerprint density at radius 1 is 1.45 bits per heavy atom. The highest BCUT2D eigenvalue weighted by Gasteiger charge is 2.19. The minimum atomic E-state index is -0.162. The molecule has 0 bridgehead atoms. The summed E-state index contributed by atoms with van der Waals surface area (Å²) in [7, 11) is 0. The number of rotatable bonds is 4. The maximum absolute atomic E-state index is 13.1. The Kier molecular flexibility index (Phi) is 3.83. The van der Waals surface area contributed by atoms with Gasteiger partial charge in [-0.25, -0.2) is 9.37 Å². The summed E-state index contributed by atoms with van der Waals surface area (Å²) in [6.07, 6.45) is 7.17. The van der Waals surface area contributed by atoms with Crippen molar-refractivity contribution in [2.45, 2.75) is 38.8 Å². The van der Waals surface area contributed by atoms with Crippen LogP contribution in [0, 0.1) is 12.7 Å². The van der Waals surface area contributed by atoms with Gasteiger partial charge < -0.3 is 9.88 Å². The van der Waals surface area contributed by atoms with Crippen LogP contribution in [0.1, 0.15) is 35.7 Å². The molecule has 2 aromatic rings. The average molecular weight is 273 g/mol. The molecule has 1 fully saturated rings. The quantitative estimate of drug-likeness (QED) is 0.928. The first-order chi connectivity index (χ1) is 9.74. The summed E-state index contributed by atoms with van der Waals surface area (Å²) in [4.78, 5) is 4.28. The lowest BCUT2D eigenvalue weighted by atomic mass is 10.1. The molecule has 0 spiro atoms. The topological polar surface area (TPSA) is 29.9 Å². The highest BCUT2D eigenvalue weighted by Crippen LogP contribution is 2.23. The van der Waals surface area contributed by atoms with Gasteiger partial charge in [-0.15, -0.1) is 0 Å². The molecule has 1 atom stereocenters. The van der Waals surface area contributed by atoms with Gasteiger partial charge in [0, 0.05) is 18.8 Å². The zero-order valence-corrected chi connectivity index (χ0v) is 11.8. The van der Waals surface area contributed by atoms with Gasteiger partial charge >= 0.3 is 0 Å². The van der Waals surface area contributed by atoms with E-state index in [0.717, 1.165) is 25.1 Å². The average Bonchev–Trinajstić information content (AvgIpc) is 3.08. The Hall–Kier alpha value is -1.68. The Labute approximate surface area is 118 Å². The molecule has 1 aromatic heterocycles. The van der Waals surface area contributed by atoms with Gasteiger partial charge in [0.1, 0.15) is 5.82 Å². The molecule has 1 unspecified atom stereocenters. The molecule has 20 heavy (non-hydrogen) atoms.